The third-order valence-corrected chi connectivity index (χ3v) is 2.33. The Kier molecular flexibility index (Phi) is 4.50. The number of benzene rings is 1. The van der Waals surface area contributed by atoms with E-state index < -0.39 is 0 Å². The van der Waals surface area contributed by atoms with Gasteiger partial charge in [-0.15, -0.1) is 0 Å². The van der Waals surface area contributed by atoms with Crippen LogP contribution in [0, 0.1) is 11.7 Å². The number of rotatable bonds is 4. The number of halogens is 1. The number of hydrogen-bond acceptors (Lipinski definition) is 1. The summed E-state index contributed by atoms with van der Waals surface area (Å²) >= 11 is 0. The quantitative estimate of drug-likeness (QED) is 0.806. The third-order valence-electron chi connectivity index (χ3n) is 2.33. The van der Waals surface area contributed by atoms with Gasteiger partial charge < -0.3 is 5.73 Å². The molecule has 2 N–H and O–H groups in total. The van der Waals surface area contributed by atoms with Crippen molar-refractivity contribution in [3.05, 3.63) is 41.7 Å². The predicted molar refractivity (Wildman–Crippen MR) is 62.9 cm³/mol. The van der Waals surface area contributed by atoms with Crippen molar-refractivity contribution in [3.63, 3.8) is 0 Å². The van der Waals surface area contributed by atoms with Gasteiger partial charge in [0.2, 0.25) is 0 Å². The highest BCUT2D eigenvalue weighted by Gasteiger charge is 2.05. The fraction of sp³-hybridized carbons (Fsp3) is 0.385. The Morgan fingerprint density at radius 2 is 1.93 bits per heavy atom. The normalized spacial score (nSPS) is 12.2. The van der Waals surface area contributed by atoms with Crippen LogP contribution in [-0.4, -0.2) is 6.54 Å². The first kappa shape index (κ1) is 11.9. The molecule has 1 aromatic rings. The lowest BCUT2D eigenvalue weighted by Gasteiger charge is -2.11. The minimum absolute atomic E-state index is 0.194. The average molecular weight is 207 g/mol. The van der Waals surface area contributed by atoms with E-state index in [1.54, 1.807) is 0 Å². The third kappa shape index (κ3) is 3.48. The Bertz CT molecular complexity index is 325. The van der Waals surface area contributed by atoms with Crippen LogP contribution in [0.1, 0.15) is 25.8 Å². The molecule has 0 amide bonds. The van der Waals surface area contributed by atoms with Gasteiger partial charge in [-0.2, -0.15) is 0 Å². The molecule has 0 aliphatic carbocycles. The zero-order valence-corrected chi connectivity index (χ0v) is 9.33. The molecule has 82 valence electrons. The van der Waals surface area contributed by atoms with Crippen molar-refractivity contribution < 1.29 is 4.39 Å². The summed E-state index contributed by atoms with van der Waals surface area (Å²) in [5, 5.41) is 0. The van der Waals surface area contributed by atoms with Crippen molar-refractivity contribution in [3.8, 4) is 0 Å². The highest BCUT2D eigenvalue weighted by molar-refractivity contribution is 5.66. The van der Waals surface area contributed by atoms with Crippen LogP contribution in [0.15, 0.2) is 30.3 Å². The van der Waals surface area contributed by atoms with Crippen molar-refractivity contribution in [1.29, 1.82) is 0 Å². The largest absolute Gasteiger partial charge is 0.330 e. The molecule has 15 heavy (non-hydrogen) atoms. The van der Waals surface area contributed by atoms with Crippen molar-refractivity contribution in [2.45, 2.75) is 20.3 Å². The maximum absolute atomic E-state index is 12.8. The van der Waals surface area contributed by atoms with Crippen LogP contribution in [0.4, 0.5) is 4.39 Å². The Morgan fingerprint density at radius 3 is 2.40 bits per heavy atom. The first-order valence-corrected chi connectivity index (χ1v) is 5.31. The highest BCUT2D eigenvalue weighted by Crippen LogP contribution is 2.23. The van der Waals surface area contributed by atoms with Crippen LogP contribution in [0.2, 0.25) is 0 Å². The molecule has 0 bridgehead atoms. The maximum atomic E-state index is 12.8. The molecule has 2 heteroatoms. The van der Waals surface area contributed by atoms with Gasteiger partial charge in [0.1, 0.15) is 5.82 Å². The Morgan fingerprint density at radius 1 is 1.33 bits per heavy atom. The molecule has 0 aliphatic rings. The molecule has 1 aromatic carbocycles. The second-order valence-electron chi connectivity index (χ2n) is 3.90. The van der Waals surface area contributed by atoms with Gasteiger partial charge in [0.05, 0.1) is 0 Å². The second kappa shape index (κ2) is 5.66. The van der Waals surface area contributed by atoms with E-state index >= 15 is 0 Å². The first-order chi connectivity index (χ1) is 7.15. The molecule has 0 fully saturated rings. The summed E-state index contributed by atoms with van der Waals surface area (Å²) in [5.41, 5.74) is 7.79. The SMILES string of the molecule is CC(C)/C(=C\CCN)c1ccc(F)cc1. The zero-order valence-electron chi connectivity index (χ0n) is 9.33. The van der Waals surface area contributed by atoms with Crippen molar-refractivity contribution in [2.24, 2.45) is 11.7 Å². The second-order valence-corrected chi connectivity index (χ2v) is 3.90. The van der Waals surface area contributed by atoms with Gasteiger partial charge in [-0.3, -0.25) is 0 Å². The Hall–Kier alpha value is -1.15. The molecule has 0 aliphatic heterocycles. The van der Waals surface area contributed by atoms with Gasteiger partial charge in [0, 0.05) is 0 Å². The average Bonchev–Trinajstić information content (AvgIpc) is 2.21. The summed E-state index contributed by atoms with van der Waals surface area (Å²) in [4.78, 5) is 0. The Labute approximate surface area is 90.8 Å². The molecule has 0 aromatic heterocycles. The van der Waals surface area contributed by atoms with Gasteiger partial charge in [0.25, 0.3) is 0 Å². The van der Waals surface area contributed by atoms with Crippen LogP contribution < -0.4 is 5.73 Å². The van der Waals surface area contributed by atoms with E-state index in [4.69, 9.17) is 5.73 Å². The number of nitrogens with two attached hydrogens (primary N) is 1. The van der Waals surface area contributed by atoms with E-state index in [0.717, 1.165) is 12.0 Å². The minimum Gasteiger partial charge on any atom is -0.330 e. The predicted octanol–water partition coefficient (Wildman–Crippen LogP) is 3.21. The summed E-state index contributed by atoms with van der Waals surface area (Å²) in [7, 11) is 0. The fourth-order valence-corrected chi connectivity index (χ4v) is 1.57. The van der Waals surface area contributed by atoms with Crippen LogP contribution in [0.25, 0.3) is 5.57 Å². The molecule has 0 atom stereocenters. The summed E-state index contributed by atoms with van der Waals surface area (Å²) < 4.78 is 12.8. The van der Waals surface area contributed by atoms with E-state index in [1.165, 1.54) is 17.7 Å². The standard InChI is InChI=1S/C13H18FN/c1-10(2)13(4-3-9-15)11-5-7-12(14)8-6-11/h4-8,10H,3,9,15H2,1-2H3/b13-4+. The van der Waals surface area contributed by atoms with Gasteiger partial charge in [-0.1, -0.05) is 32.1 Å². The lowest BCUT2D eigenvalue weighted by molar-refractivity contribution is 0.627. The monoisotopic (exact) mass is 207 g/mol. The smallest absolute Gasteiger partial charge is 0.123 e. The molecule has 1 rings (SSSR count). The number of allylic oxidation sites excluding steroid dienone is 1. The molecule has 0 heterocycles. The van der Waals surface area contributed by atoms with Gasteiger partial charge in [-0.25, -0.2) is 4.39 Å². The molecular formula is C13H18FN. The van der Waals surface area contributed by atoms with E-state index in [9.17, 15) is 4.39 Å². The van der Waals surface area contributed by atoms with Gasteiger partial charge in [-0.05, 0) is 42.2 Å². The summed E-state index contributed by atoms with van der Waals surface area (Å²) in [6.07, 6.45) is 3.00. The van der Waals surface area contributed by atoms with Crippen molar-refractivity contribution >= 4 is 5.57 Å². The lowest BCUT2D eigenvalue weighted by atomic mass is 9.94. The van der Waals surface area contributed by atoms with Crippen molar-refractivity contribution in [1.82, 2.24) is 0 Å². The molecule has 0 spiro atoms. The Balaban J connectivity index is 2.94. The lowest BCUT2D eigenvalue weighted by Crippen LogP contribution is -1.99. The highest BCUT2D eigenvalue weighted by atomic mass is 19.1. The van der Waals surface area contributed by atoms with E-state index in [0.29, 0.717) is 12.5 Å². The molecule has 0 saturated heterocycles. The zero-order chi connectivity index (χ0) is 11.3. The molecule has 0 saturated carbocycles. The maximum Gasteiger partial charge on any atom is 0.123 e. The van der Waals surface area contributed by atoms with E-state index in [2.05, 4.69) is 19.9 Å². The van der Waals surface area contributed by atoms with Crippen LogP contribution in [0.3, 0.4) is 0 Å². The number of hydrogen-bond donors (Lipinski definition) is 1. The van der Waals surface area contributed by atoms with Crippen LogP contribution in [0.5, 0.6) is 0 Å². The van der Waals surface area contributed by atoms with Crippen LogP contribution in [-0.2, 0) is 0 Å². The van der Waals surface area contributed by atoms with E-state index in [1.807, 2.05) is 12.1 Å². The fourth-order valence-electron chi connectivity index (χ4n) is 1.57. The molecule has 1 nitrogen and oxygen atoms in total. The topological polar surface area (TPSA) is 26.0 Å². The van der Waals surface area contributed by atoms with Crippen LogP contribution >= 0.6 is 0 Å². The molecule has 0 radical (unpaired) electrons. The van der Waals surface area contributed by atoms with Gasteiger partial charge in [0.15, 0.2) is 0 Å². The minimum atomic E-state index is -0.194. The van der Waals surface area contributed by atoms with Gasteiger partial charge >= 0.3 is 0 Å². The molecule has 0 unspecified atom stereocenters. The van der Waals surface area contributed by atoms with E-state index in [-0.39, 0.29) is 5.82 Å². The summed E-state index contributed by atoms with van der Waals surface area (Å²) in [6.45, 7) is 4.91. The molecular weight excluding hydrogens is 189 g/mol. The van der Waals surface area contributed by atoms with Crippen molar-refractivity contribution in [2.75, 3.05) is 6.54 Å². The summed E-state index contributed by atoms with van der Waals surface area (Å²) in [5.74, 6) is 0.239. The first-order valence-electron chi connectivity index (χ1n) is 5.31. The summed E-state index contributed by atoms with van der Waals surface area (Å²) in [6, 6.07) is 6.62.